The number of halogens is 6. The first kappa shape index (κ1) is 16.4. The lowest BCUT2D eigenvalue weighted by molar-refractivity contribution is -0.281. The first-order valence-electron chi connectivity index (χ1n) is 5.85. The van der Waals surface area contributed by atoms with Crippen LogP contribution in [0.5, 0.6) is 0 Å². The molecule has 0 nitrogen and oxygen atoms in total. The molecule has 6 heteroatoms. The zero-order chi connectivity index (χ0) is 14.8. The van der Waals surface area contributed by atoms with Crippen LogP contribution in [0.4, 0.5) is 22.0 Å². The van der Waals surface area contributed by atoms with E-state index in [9.17, 15) is 22.0 Å². The van der Waals surface area contributed by atoms with Crippen molar-refractivity contribution in [3.63, 3.8) is 0 Å². The van der Waals surface area contributed by atoms with Crippen LogP contribution in [0.2, 0.25) is 0 Å². The molecule has 0 aliphatic carbocycles. The Balaban J connectivity index is 3.28. The van der Waals surface area contributed by atoms with E-state index in [0.717, 1.165) is 5.56 Å². The van der Waals surface area contributed by atoms with Crippen LogP contribution in [0, 0.1) is 0 Å². The van der Waals surface area contributed by atoms with Crippen LogP contribution in [0.1, 0.15) is 35.4 Å². The molecule has 0 fully saturated rings. The SMILES string of the molecule is CCc1ccc(CC)c(C(Br)C(F)(F)C(F)(F)F)c1. The van der Waals surface area contributed by atoms with Crippen molar-refractivity contribution in [2.45, 2.75) is 43.6 Å². The Labute approximate surface area is 117 Å². The third-order valence-electron chi connectivity index (χ3n) is 2.97. The second-order valence-electron chi connectivity index (χ2n) is 4.22. The summed E-state index contributed by atoms with van der Waals surface area (Å²) in [7, 11) is 0. The van der Waals surface area contributed by atoms with Gasteiger partial charge in [0.15, 0.2) is 0 Å². The van der Waals surface area contributed by atoms with Gasteiger partial charge in [-0.05, 0) is 29.5 Å². The molecule has 1 aromatic rings. The third kappa shape index (κ3) is 3.27. The second kappa shape index (κ2) is 5.77. The molecule has 0 spiro atoms. The Morgan fingerprint density at radius 1 is 1.05 bits per heavy atom. The van der Waals surface area contributed by atoms with E-state index in [1.807, 2.05) is 6.92 Å². The van der Waals surface area contributed by atoms with E-state index in [2.05, 4.69) is 15.9 Å². The van der Waals surface area contributed by atoms with Gasteiger partial charge in [0, 0.05) is 0 Å². The predicted molar refractivity (Wildman–Crippen MR) is 67.9 cm³/mol. The Kier molecular flexibility index (Phi) is 4.98. The maximum Gasteiger partial charge on any atom is 0.454 e. The molecule has 0 saturated heterocycles. The zero-order valence-electron chi connectivity index (χ0n) is 10.5. The summed E-state index contributed by atoms with van der Waals surface area (Å²) >= 11 is 2.53. The smallest absolute Gasteiger partial charge is 0.195 e. The summed E-state index contributed by atoms with van der Waals surface area (Å²) in [4.78, 5) is -2.07. The van der Waals surface area contributed by atoms with Crippen LogP contribution in [-0.4, -0.2) is 12.1 Å². The Morgan fingerprint density at radius 3 is 2.05 bits per heavy atom. The third-order valence-corrected chi connectivity index (χ3v) is 4.04. The maximum absolute atomic E-state index is 13.4. The van der Waals surface area contributed by atoms with Crippen LogP contribution in [0.25, 0.3) is 0 Å². The lowest BCUT2D eigenvalue weighted by Gasteiger charge is -2.26. The van der Waals surface area contributed by atoms with Gasteiger partial charge in [0.1, 0.15) is 4.83 Å². The Morgan fingerprint density at radius 2 is 1.63 bits per heavy atom. The lowest BCUT2D eigenvalue weighted by atomic mass is 9.96. The van der Waals surface area contributed by atoms with Crippen molar-refractivity contribution < 1.29 is 22.0 Å². The summed E-state index contributed by atoms with van der Waals surface area (Å²) in [5, 5.41) is 0. The summed E-state index contributed by atoms with van der Waals surface area (Å²) < 4.78 is 64.0. The van der Waals surface area contributed by atoms with Crippen LogP contribution in [-0.2, 0) is 12.8 Å². The molecule has 108 valence electrons. The monoisotopic (exact) mass is 344 g/mol. The lowest BCUT2D eigenvalue weighted by Crippen LogP contribution is -2.40. The van der Waals surface area contributed by atoms with Crippen molar-refractivity contribution in [2.24, 2.45) is 0 Å². The van der Waals surface area contributed by atoms with E-state index in [1.165, 1.54) is 6.07 Å². The van der Waals surface area contributed by atoms with E-state index in [-0.39, 0.29) is 5.56 Å². The normalized spacial score (nSPS) is 14.5. The van der Waals surface area contributed by atoms with Gasteiger partial charge in [-0.2, -0.15) is 22.0 Å². The van der Waals surface area contributed by atoms with E-state index in [0.29, 0.717) is 18.4 Å². The molecular weight excluding hydrogens is 331 g/mol. The molecule has 0 aromatic heterocycles. The fraction of sp³-hybridized carbons (Fsp3) is 0.538. The van der Waals surface area contributed by atoms with Crippen molar-refractivity contribution in [3.8, 4) is 0 Å². The van der Waals surface area contributed by atoms with Gasteiger partial charge in [0.05, 0.1) is 0 Å². The number of alkyl halides is 6. The maximum atomic E-state index is 13.4. The van der Waals surface area contributed by atoms with Gasteiger partial charge in [-0.15, -0.1) is 0 Å². The number of hydrogen-bond acceptors (Lipinski definition) is 0. The predicted octanol–water partition coefficient (Wildman–Crippen LogP) is 5.45. The fourth-order valence-corrected chi connectivity index (χ4v) is 2.45. The zero-order valence-corrected chi connectivity index (χ0v) is 12.1. The Bertz CT molecular complexity index is 439. The first-order chi connectivity index (χ1) is 8.65. The van der Waals surface area contributed by atoms with Gasteiger partial charge < -0.3 is 0 Å². The molecule has 0 saturated carbocycles. The highest BCUT2D eigenvalue weighted by molar-refractivity contribution is 9.09. The summed E-state index contributed by atoms with van der Waals surface area (Å²) in [6.45, 7) is 3.53. The quantitative estimate of drug-likeness (QED) is 0.503. The molecule has 0 radical (unpaired) electrons. The Hall–Kier alpha value is -0.650. The standard InChI is InChI=1S/C13H14BrF5/c1-3-8-5-6-9(4-2)10(7-8)11(14)12(15,16)13(17,18)19/h5-7,11H,3-4H2,1-2H3. The average Bonchev–Trinajstić information content (AvgIpc) is 2.35. The molecule has 1 rings (SSSR count). The molecule has 19 heavy (non-hydrogen) atoms. The largest absolute Gasteiger partial charge is 0.454 e. The van der Waals surface area contributed by atoms with Crippen molar-refractivity contribution in [3.05, 3.63) is 34.9 Å². The summed E-state index contributed by atoms with van der Waals surface area (Å²) in [5.41, 5.74) is 1.22. The van der Waals surface area contributed by atoms with Gasteiger partial charge >= 0.3 is 12.1 Å². The van der Waals surface area contributed by atoms with Gasteiger partial charge in [-0.1, -0.05) is 48.0 Å². The number of benzene rings is 1. The first-order valence-corrected chi connectivity index (χ1v) is 6.77. The van der Waals surface area contributed by atoms with E-state index in [1.54, 1.807) is 19.1 Å². The molecule has 0 heterocycles. The van der Waals surface area contributed by atoms with Crippen LogP contribution in [0.3, 0.4) is 0 Å². The summed E-state index contributed by atoms with van der Waals surface area (Å²) in [6.07, 6.45) is -4.60. The van der Waals surface area contributed by atoms with Crippen LogP contribution < -0.4 is 0 Å². The summed E-state index contributed by atoms with van der Waals surface area (Å²) in [5.74, 6) is -4.80. The van der Waals surface area contributed by atoms with Crippen molar-refractivity contribution in [1.29, 1.82) is 0 Å². The minimum absolute atomic E-state index is 0.00387. The minimum atomic E-state index is -5.58. The van der Waals surface area contributed by atoms with E-state index in [4.69, 9.17) is 0 Å². The molecular formula is C13H14BrF5. The molecule has 1 atom stereocenters. The highest BCUT2D eigenvalue weighted by Gasteiger charge is 2.62. The number of hydrogen-bond donors (Lipinski definition) is 0. The van der Waals surface area contributed by atoms with Crippen LogP contribution >= 0.6 is 15.9 Å². The molecule has 0 aliphatic rings. The average molecular weight is 345 g/mol. The van der Waals surface area contributed by atoms with Crippen molar-refractivity contribution in [2.75, 3.05) is 0 Å². The van der Waals surface area contributed by atoms with Gasteiger partial charge in [-0.3, -0.25) is 0 Å². The number of rotatable bonds is 4. The molecule has 0 aliphatic heterocycles. The van der Waals surface area contributed by atoms with E-state index < -0.39 is 16.9 Å². The molecule has 0 N–H and O–H groups in total. The topological polar surface area (TPSA) is 0 Å². The highest BCUT2D eigenvalue weighted by atomic mass is 79.9. The van der Waals surface area contributed by atoms with Gasteiger partial charge in [0.2, 0.25) is 0 Å². The van der Waals surface area contributed by atoms with Crippen LogP contribution in [0.15, 0.2) is 18.2 Å². The van der Waals surface area contributed by atoms with Crippen molar-refractivity contribution >= 4 is 15.9 Å². The molecule has 0 bridgehead atoms. The van der Waals surface area contributed by atoms with Gasteiger partial charge in [-0.25, -0.2) is 0 Å². The molecule has 1 aromatic carbocycles. The minimum Gasteiger partial charge on any atom is -0.195 e. The van der Waals surface area contributed by atoms with Crippen molar-refractivity contribution in [1.82, 2.24) is 0 Å². The number of aryl methyl sites for hydroxylation is 2. The van der Waals surface area contributed by atoms with Gasteiger partial charge in [0.25, 0.3) is 0 Å². The highest BCUT2D eigenvalue weighted by Crippen LogP contribution is 2.49. The second-order valence-corrected chi connectivity index (χ2v) is 5.14. The van der Waals surface area contributed by atoms with E-state index >= 15 is 0 Å². The molecule has 1 unspecified atom stereocenters. The fourth-order valence-electron chi connectivity index (χ4n) is 1.76. The molecule has 0 amide bonds. The summed E-state index contributed by atoms with van der Waals surface area (Å²) in [6, 6.07) is 4.76.